The molecule has 0 atom stereocenters. The topological polar surface area (TPSA) is 65.1 Å². The van der Waals surface area contributed by atoms with Gasteiger partial charge < -0.3 is 15.0 Å². The predicted octanol–water partition coefficient (Wildman–Crippen LogP) is 1.25. The van der Waals surface area contributed by atoms with Crippen molar-refractivity contribution in [1.82, 2.24) is 14.7 Å². The Hall–Kier alpha value is -1.48. The van der Waals surface area contributed by atoms with Crippen LogP contribution in [-0.2, 0) is 14.3 Å². The van der Waals surface area contributed by atoms with E-state index in [0.29, 0.717) is 32.7 Å². The van der Waals surface area contributed by atoms with Gasteiger partial charge in [-0.1, -0.05) is 15.9 Å². The molecule has 2 aliphatic heterocycles. The van der Waals surface area contributed by atoms with Crippen LogP contribution in [0.4, 0.5) is 5.69 Å². The Labute approximate surface area is 168 Å². The number of hydrogen-bond acceptors (Lipinski definition) is 5. The Balaban J connectivity index is 1.33. The average molecular weight is 439 g/mol. The van der Waals surface area contributed by atoms with Gasteiger partial charge in [-0.05, 0) is 24.3 Å². The molecular weight excluding hydrogens is 412 g/mol. The first kappa shape index (κ1) is 20.3. The molecule has 0 unspecified atom stereocenters. The van der Waals surface area contributed by atoms with E-state index in [-0.39, 0.29) is 11.8 Å². The summed E-state index contributed by atoms with van der Waals surface area (Å²) in [5.74, 6) is 0.215. The molecule has 2 aliphatic rings. The van der Waals surface area contributed by atoms with Crippen LogP contribution >= 0.6 is 15.9 Å². The lowest BCUT2D eigenvalue weighted by Gasteiger charge is -2.36. The second kappa shape index (κ2) is 10.2. The molecule has 1 N–H and O–H groups in total. The van der Waals surface area contributed by atoms with Crippen molar-refractivity contribution in [2.24, 2.45) is 0 Å². The highest BCUT2D eigenvalue weighted by Crippen LogP contribution is 2.14. The summed E-state index contributed by atoms with van der Waals surface area (Å²) in [5, 5.41) is 2.91. The van der Waals surface area contributed by atoms with Gasteiger partial charge in [0, 0.05) is 62.4 Å². The van der Waals surface area contributed by atoms with Crippen LogP contribution in [0.15, 0.2) is 28.7 Å². The molecule has 2 heterocycles. The Morgan fingerprint density at radius 2 is 1.63 bits per heavy atom. The molecule has 0 saturated carbocycles. The Kier molecular flexibility index (Phi) is 7.63. The minimum atomic E-state index is 0.0168. The highest BCUT2D eigenvalue weighted by Gasteiger charge is 2.23. The van der Waals surface area contributed by atoms with Gasteiger partial charge in [-0.15, -0.1) is 0 Å². The summed E-state index contributed by atoms with van der Waals surface area (Å²) < 4.78 is 6.31. The molecule has 2 fully saturated rings. The van der Waals surface area contributed by atoms with E-state index in [2.05, 4.69) is 31.0 Å². The van der Waals surface area contributed by atoms with Gasteiger partial charge in [0.05, 0.1) is 19.8 Å². The number of nitrogens with zero attached hydrogens (tertiary/aromatic N) is 3. The Bertz CT molecular complexity index is 626. The van der Waals surface area contributed by atoms with Crippen molar-refractivity contribution in [1.29, 1.82) is 0 Å². The maximum Gasteiger partial charge on any atom is 0.236 e. The molecule has 7 nitrogen and oxygen atoms in total. The van der Waals surface area contributed by atoms with E-state index < -0.39 is 0 Å². The highest BCUT2D eigenvalue weighted by atomic mass is 79.9. The highest BCUT2D eigenvalue weighted by molar-refractivity contribution is 9.10. The van der Waals surface area contributed by atoms with Crippen molar-refractivity contribution in [3.05, 3.63) is 28.7 Å². The standard InChI is InChI=1S/C19H27BrN4O3/c20-16-1-3-17(4-2-16)21-18(25)5-6-22-7-9-24(10-8-22)19(26)15-23-11-13-27-14-12-23/h1-4H,5-15H2,(H,21,25). The maximum absolute atomic E-state index is 12.4. The maximum atomic E-state index is 12.4. The second-order valence-electron chi connectivity index (χ2n) is 6.92. The minimum absolute atomic E-state index is 0.0168. The first-order valence-corrected chi connectivity index (χ1v) is 10.2. The molecule has 0 spiro atoms. The van der Waals surface area contributed by atoms with E-state index in [0.717, 1.165) is 49.4 Å². The number of carbonyl (C=O) groups excluding carboxylic acids is 2. The second-order valence-corrected chi connectivity index (χ2v) is 7.83. The number of hydrogen-bond donors (Lipinski definition) is 1. The summed E-state index contributed by atoms with van der Waals surface area (Å²) in [6, 6.07) is 7.56. The summed E-state index contributed by atoms with van der Waals surface area (Å²) in [7, 11) is 0. The van der Waals surface area contributed by atoms with Gasteiger partial charge in [0.25, 0.3) is 0 Å². The Morgan fingerprint density at radius 3 is 2.30 bits per heavy atom. The fourth-order valence-electron chi connectivity index (χ4n) is 3.29. The molecule has 2 saturated heterocycles. The van der Waals surface area contributed by atoms with Gasteiger partial charge in [0.1, 0.15) is 0 Å². The van der Waals surface area contributed by atoms with Crippen molar-refractivity contribution in [3.8, 4) is 0 Å². The van der Waals surface area contributed by atoms with Crippen LogP contribution in [0.2, 0.25) is 0 Å². The first-order chi connectivity index (χ1) is 13.1. The number of morpholine rings is 1. The zero-order valence-corrected chi connectivity index (χ0v) is 17.1. The van der Waals surface area contributed by atoms with Crippen LogP contribution in [0.3, 0.4) is 0 Å². The van der Waals surface area contributed by atoms with E-state index in [1.165, 1.54) is 0 Å². The summed E-state index contributed by atoms with van der Waals surface area (Å²) in [6.07, 6.45) is 0.456. The SMILES string of the molecule is O=C(CCN1CCN(C(=O)CN2CCOCC2)CC1)Nc1ccc(Br)cc1. The van der Waals surface area contributed by atoms with Gasteiger partial charge in [0.15, 0.2) is 0 Å². The van der Waals surface area contributed by atoms with Crippen LogP contribution in [0.5, 0.6) is 0 Å². The normalized spacial score (nSPS) is 19.1. The van der Waals surface area contributed by atoms with Gasteiger partial charge in [-0.25, -0.2) is 0 Å². The number of halogens is 1. The molecule has 1 aromatic carbocycles. The summed E-state index contributed by atoms with van der Waals surface area (Å²) in [5.41, 5.74) is 0.807. The molecule has 1 aromatic rings. The molecule has 8 heteroatoms. The summed E-state index contributed by atoms with van der Waals surface area (Å²) >= 11 is 3.38. The van der Waals surface area contributed by atoms with E-state index in [9.17, 15) is 9.59 Å². The molecule has 27 heavy (non-hydrogen) atoms. The number of piperazine rings is 1. The smallest absolute Gasteiger partial charge is 0.236 e. The third-order valence-corrected chi connectivity index (χ3v) is 5.50. The van der Waals surface area contributed by atoms with Crippen LogP contribution in [0.1, 0.15) is 6.42 Å². The number of ether oxygens (including phenoxy) is 1. The molecular formula is C19H27BrN4O3. The van der Waals surface area contributed by atoms with E-state index in [4.69, 9.17) is 4.74 Å². The number of nitrogens with one attached hydrogen (secondary N) is 1. The minimum Gasteiger partial charge on any atom is -0.379 e. The van der Waals surface area contributed by atoms with Crippen molar-refractivity contribution in [3.63, 3.8) is 0 Å². The van der Waals surface area contributed by atoms with E-state index >= 15 is 0 Å². The lowest BCUT2D eigenvalue weighted by molar-refractivity contribution is -0.135. The third kappa shape index (κ3) is 6.57. The number of benzene rings is 1. The first-order valence-electron chi connectivity index (χ1n) is 9.46. The molecule has 0 aromatic heterocycles. The largest absolute Gasteiger partial charge is 0.379 e. The fourth-order valence-corrected chi connectivity index (χ4v) is 3.55. The number of anilines is 1. The fraction of sp³-hybridized carbons (Fsp3) is 0.579. The molecule has 0 bridgehead atoms. The number of amides is 2. The quantitative estimate of drug-likeness (QED) is 0.723. The van der Waals surface area contributed by atoms with Gasteiger partial charge >= 0.3 is 0 Å². The van der Waals surface area contributed by atoms with Gasteiger partial charge in [-0.2, -0.15) is 0 Å². The van der Waals surface area contributed by atoms with Crippen LogP contribution in [0.25, 0.3) is 0 Å². The van der Waals surface area contributed by atoms with Crippen LogP contribution < -0.4 is 5.32 Å². The average Bonchev–Trinajstić information content (AvgIpc) is 2.69. The van der Waals surface area contributed by atoms with Gasteiger partial charge in [-0.3, -0.25) is 19.4 Å². The zero-order valence-electron chi connectivity index (χ0n) is 15.5. The summed E-state index contributed by atoms with van der Waals surface area (Å²) in [4.78, 5) is 30.9. The summed E-state index contributed by atoms with van der Waals surface area (Å²) in [6.45, 7) is 7.40. The number of carbonyl (C=O) groups is 2. The van der Waals surface area contributed by atoms with Crippen molar-refractivity contribution in [2.75, 3.05) is 70.9 Å². The van der Waals surface area contributed by atoms with E-state index in [1.807, 2.05) is 29.2 Å². The van der Waals surface area contributed by atoms with Crippen LogP contribution in [-0.4, -0.2) is 92.1 Å². The van der Waals surface area contributed by atoms with Crippen molar-refractivity contribution in [2.45, 2.75) is 6.42 Å². The number of rotatable bonds is 6. The molecule has 148 valence electrons. The predicted molar refractivity (Wildman–Crippen MR) is 108 cm³/mol. The third-order valence-electron chi connectivity index (χ3n) is 4.97. The monoisotopic (exact) mass is 438 g/mol. The molecule has 0 aliphatic carbocycles. The van der Waals surface area contributed by atoms with Crippen molar-refractivity contribution >= 4 is 33.4 Å². The molecule has 0 radical (unpaired) electrons. The molecule has 3 rings (SSSR count). The van der Waals surface area contributed by atoms with E-state index in [1.54, 1.807) is 0 Å². The Morgan fingerprint density at radius 1 is 0.963 bits per heavy atom. The van der Waals surface area contributed by atoms with Gasteiger partial charge in [0.2, 0.25) is 11.8 Å². The van der Waals surface area contributed by atoms with Crippen LogP contribution in [0, 0.1) is 0 Å². The zero-order chi connectivity index (χ0) is 19.1. The van der Waals surface area contributed by atoms with Crippen molar-refractivity contribution < 1.29 is 14.3 Å². The lowest BCUT2D eigenvalue weighted by atomic mass is 10.2. The lowest BCUT2D eigenvalue weighted by Crippen LogP contribution is -2.52. The molecule has 2 amide bonds.